The van der Waals surface area contributed by atoms with Gasteiger partial charge in [0.1, 0.15) is 5.75 Å². The van der Waals surface area contributed by atoms with E-state index in [9.17, 15) is 14.9 Å². The van der Waals surface area contributed by atoms with Crippen LogP contribution < -0.4 is 15.0 Å². The predicted octanol–water partition coefficient (Wildman–Crippen LogP) is 3.77. The molecule has 1 aliphatic heterocycles. The van der Waals surface area contributed by atoms with E-state index in [1.165, 1.54) is 12.1 Å². The minimum absolute atomic E-state index is 0.0356. The lowest BCUT2D eigenvalue weighted by atomic mass is 10.2. The number of nitrogens with one attached hydrogen (secondary N) is 1. The minimum atomic E-state index is -0.598. The van der Waals surface area contributed by atoms with Crippen LogP contribution in [0.4, 0.5) is 17.1 Å². The van der Waals surface area contributed by atoms with E-state index in [-0.39, 0.29) is 11.6 Å². The Labute approximate surface area is 160 Å². The number of fused-ring (bicyclic) bond motifs is 1. The zero-order valence-electron chi connectivity index (χ0n) is 14.9. The topological polar surface area (TPSA) is 97.6 Å². The fourth-order valence-electron chi connectivity index (χ4n) is 3.19. The normalized spacial score (nSPS) is 15.2. The molecule has 3 aromatic rings. The zero-order chi connectivity index (χ0) is 19.7. The van der Waals surface area contributed by atoms with Crippen molar-refractivity contribution in [2.75, 3.05) is 17.3 Å². The molecular weight excluding hydrogens is 360 g/mol. The van der Waals surface area contributed by atoms with Crippen molar-refractivity contribution >= 4 is 23.0 Å². The van der Waals surface area contributed by atoms with Gasteiger partial charge in [0.2, 0.25) is 0 Å². The number of nitrogens with zero attached hydrogens (tertiary/aromatic N) is 3. The van der Waals surface area contributed by atoms with Gasteiger partial charge in [-0.15, -0.1) is 0 Å². The number of pyridine rings is 1. The minimum Gasteiger partial charge on any atom is -0.497 e. The van der Waals surface area contributed by atoms with E-state index >= 15 is 0 Å². The molecule has 28 heavy (non-hydrogen) atoms. The van der Waals surface area contributed by atoms with Crippen LogP contribution in [0, 0.1) is 10.1 Å². The first-order valence-corrected chi connectivity index (χ1v) is 8.52. The molecule has 4 rings (SSSR count). The molecule has 0 radical (unpaired) electrons. The van der Waals surface area contributed by atoms with Gasteiger partial charge in [-0.1, -0.05) is 6.07 Å². The van der Waals surface area contributed by atoms with Crippen molar-refractivity contribution in [2.24, 2.45) is 0 Å². The lowest BCUT2D eigenvalue weighted by molar-refractivity contribution is -0.384. The van der Waals surface area contributed by atoms with Gasteiger partial charge in [-0.3, -0.25) is 24.8 Å². The highest BCUT2D eigenvalue weighted by Crippen LogP contribution is 2.37. The number of carbonyl (C=O) groups is 1. The van der Waals surface area contributed by atoms with Gasteiger partial charge in [0.05, 0.1) is 23.3 Å². The van der Waals surface area contributed by atoms with Gasteiger partial charge in [0.15, 0.2) is 6.17 Å². The molecule has 0 saturated heterocycles. The van der Waals surface area contributed by atoms with E-state index in [4.69, 9.17) is 4.74 Å². The number of methoxy groups -OCH3 is 1. The number of nitro benzene ring substituents is 1. The highest BCUT2D eigenvalue weighted by Gasteiger charge is 2.39. The van der Waals surface area contributed by atoms with Crippen LogP contribution in [0.2, 0.25) is 0 Å². The summed E-state index contributed by atoms with van der Waals surface area (Å²) < 4.78 is 5.18. The summed E-state index contributed by atoms with van der Waals surface area (Å²) in [4.78, 5) is 29.6. The number of anilines is 2. The molecule has 2 aromatic carbocycles. The number of nitro groups is 1. The molecule has 8 nitrogen and oxygen atoms in total. The molecule has 0 aliphatic carbocycles. The van der Waals surface area contributed by atoms with Crippen LogP contribution in [-0.2, 0) is 0 Å². The van der Waals surface area contributed by atoms with Crippen molar-refractivity contribution in [3.8, 4) is 5.75 Å². The van der Waals surface area contributed by atoms with Crippen LogP contribution in [-0.4, -0.2) is 22.9 Å². The molecule has 1 atom stereocenters. The lowest BCUT2D eigenvalue weighted by Crippen LogP contribution is -2.32. The smallest absolute Gasteiger partial charge is 0.271 e. The van der Waals surface area contributed by atoms with E-state index in [2.05, 4.69) is 10.3 Å². The fourth-order valence-corrected chi connectivity index (χ4v) is 3.19. The molecule has 1 N–H and O–H groups in total. The first-order valence-electron chi connectivity index (χ1n) is 8.52. The Balaban J connectivity index is 1.75. The van der Waals surface area contributed by atoms with Gasteiger partial charge in [-0.25, -0.2) is 0 Å². The number of carbonyl (C=O) groups excluding carboxylic acids is 1. The SMILES string of the molecule is COc1ccc(N2C(=O)c3cccnc3C2Nc2cccc([N+](=O)[O-])c2)cc1. The molecule has 1 aromatic heterocycles. The average molecular weight is 376 g/mol. The standard InChI is InChI=1S/C20H16N4O4/c1-28-16-9-7-14(8-10-16)23-19(18-17(20(23)25)6-3-11-21-18)22-13-4-2-5-15(12-13)24(26)27/h2-12,19,22H,1H3. The summed E-state index contributed by atoms with van der Waals surface area (Å²) in [6.45, 7) is 0. The second kappa shape index (κ2) is 6.99. The molecule has 8 heteroatoms. The zero-order valence-corrected chi connectivity index (χ0v) is 14.9. The molecular formula is C20H16N4O4. The van der Waals surface area contributed by atoms with E-state index in [1.54, 1.807) is 66.7 Å². The molecule has 1 aliphatic rings. The molecule has 1 amide bonds. The molecule has 140 valence electrons. The molecule has 2 heterocycles. The van der Waals surface area contributed by atoms with Crippen molar-refractivity contribution in [3.63, 3.8) is 0 Å². The maximum atomic E-state index is 13.0. The Bertz CT molecular complexity index is 1050. The van der Waals surface area contributed by atoms with Gasteiger partial charge in [0, 0.05) is 29.7 Å². The van der Waals surface area contributed by atoms with Crippen molar-refractivity contribution in [1.29, 1.82) is 0 Å². The Morgan fingerprint density at radius 2 is 1.93 bits per heavy atom. The predicted molar refractivity (Wildman–Crippen MR) is 104 cm³/mol. The summed E-state index contributed by atoms with van der Waals surface area (Å²) >= 11 is 0. The highest BCUT2D eigenvalue weighted by atomic mass is 16.6. The molecule has 0 saturated carbocycles. The summed E-state index contributed by atoms with van der Waals surface area (Å²) in [6, 6.07) is 16.7. The summed E-state index contributed by atoms with van der Waals surface area (Å²) in [6.07, 6.45) is 1.02. The maximum Gasteiger partial charge on any atom is 0.271 e. The van der Waals surface area contributed by atoms with E-state index in [0.29, 0.717) is 28.4 Å². The number of non-ortho nitro benzene ring substituents is 1. The molecule has 0 fully saturated rings. The maximum absolute atomic E-state index is 13.0. The molecule has 0 spiro atoms. The Hall–Kier alpha value is -3.94. The van der Waals surface area contributed by atoms with E-state index < -0.39 is 11.1 Å². The summed E-state index contributed by atoms with van der Waals surface area (Å²) in [5, 5.41) is 14.3. The summed E-state index contributed by atoms with van der Waals surface area (Å²) in [5.41, 5.74) is 2.19. The second-order valence-electron chi connectivity index (χ2n) is 6.16. The summed E-state index contributed by atoms with van der Waals surface area (Å²) in [5.74, 6) is 0.477. The van der Waals surface area contributed by atoms with Gasteiger partial charge < -0.3 is 10.1 Å². The van der Waals surface area contributed by atoms with Crippen LogP contribution in [0.15, 0.2) is 66.9 Å². The third-order valence-corrected chi connectivity index (χ3v) is 4.52. The lowest BCUT2D eigenvalue weighted by Gasteiger charge is -2.26. The van der Waals surface area contributed by atoms with Gasteiger partial charge in [-0.2, -0.15) is 0 Å². The number of amides is 1. The van der Waals surface area contributed by atoms with Crippen LogP contribution in [0.5, 0.6) is 5.75 Å². The number of hydrogen-bond donors (Lipinski definition) is 1. The summed E-state index contributed by atoms with van der Waals surface area (Å²) in [7, 11) is 1.57. The van der Waals surface area contributed by atoms with Gasteiger partial charge in [0.25, 0.3) is 11.6 Å². The first kappa shape index (κ1) is 17.5. The van der Waals surface area contributed by atoms with Crippen LogP contribution >= 0.6 is 0 Å². The molecule has 1 unspecified atom stereocenters. The monoisotopic (exact) mass is 376 g/mol. The third-order valence-electron chi connectivity index (χ3n) is 4.52. The van der Waals surface area contributed by atoms with Crippen LogP contribution in [0.3, 0.4) is 0 Å². The largest absolute Gasteiger partial charge is 0.497 e. The van der Waals surface area contributed by atoms with Crippen LogP contribution in [0.1, 0.15) is 22.2 Å². The van der Waals surface area contributed by atoms with Crippen LogP contribution in [0.25, 0.3) is 0 Å². The third kappa shape index (κ3) is 3.01. The fraction of sp³-hybridized carbons (Fsp3) is 0.100. The first-order chi connectivity index (χ1) is 13.6. The number of hydrogen-bond acceptors (Lipinski definition) is 6. The Morgan fingerprint density at radius 3 is 2.64 bits per heavy atom. The van der Waals surface area contributed by atoms with Crippen molar-refractivity contribution < 1.29 is 14.5 Å². The van der Waals surface area contributed by atoms with Crippen molar-refractivity contribution in [1.82, 2.24) is 4.98 Å². The highest BCUT2D eigenvalue weighted by molar-refractivity contribution is 6.11. The van der Waals surface area contributed by atoms with Crippen molar-refractivity contribution in [2.45, 2.75) is 6.17 Å². The average Bonchev–Trinajstić information content (AvgIpc) is 3.00. The Morgan fingerprint density at radius 1 is 1.14 bits per heavy atom. The number of benzene rings is 2. The quantitative estimate of drug-likeness (QED) is 0.538. The van der Waals surface area contributed by atoms with E-state index in [1.807, 2.05) is 0 Å². The Kier molecular flexibility index (Phi) is 4.36. The number of rotatable bonds is 5. The van der Waals surface area contributed by atoms with E-state index in [0.717, 1.165) is 0 Å². The number of ether oxygens (including phenoxy) is 1. The van der Waals surface area contributed by atoms with Gasteiger partial charge in [-0.05, 0) is 42.5 Å². The van der Waals surface area contributed by atoms with Crippen molar-refractivity contribution in [3.05, 3.63) is 88.2 Å². The number of aromatic nitrogens is 1. The second-order valence-corrected chi connectivity index (χ2v) is 6.16. The molecule has 0 bridgehead atoms. The van der Waals surface area contributed by atoms with Gasteiger partial charge >= 0.3 is 0 Å².